The minimum Gasteiger partial charge on any atom is -0.469 e. The molecule has 0 aliphatic rings. The second-order valence-electron chi connectivity index (χ2n) is 4.33. The fourth-order valence-electron chi connectivity index (χ4n) is 1.90. The number of carbonyl (C=O) groups excluding carboxylic acids is 1. The number of hydrogen-bond acceptors (Lipinski definition) is 3. The van der Waals surface area contributed by atoms with Crippen LogP contribution >= 0.6 is 0 Å². The van der Waals surface area contributed by atoms with Gasteiger partial charge in [0.1, 0.15) is 5.76 Å². The highest BCUT2D eigenvalue weighted by atomic mass is 16.3. The van der Waals surface area contributed by atoms with E-state index in [9.17, 15) is 4.79 Å². The fraction of sp³-hybridized carbons (Fsp3) is 0.267. The maximum atomic E-state index is 11.7. The Morgan fingerprint density at radius 2 is 1.95 bits per heavy atom. The molecule has 0 aliphatic heterocycles. The number of nitrogens with one attached hydrogen (secondary N) is 1. The quantitative estimate of drug-likeness (QED) is 0.832. The van der Waals surface area contributed by atoms with Gasteiger partial charge >= 0.3 is 0 Å². The molecule has 2 aromatic rings. The minimum absolute atomic E-state index is 0.0169. The zero-order valence-corrected chi connectivity index (χ0v) is 10.8. The van der Waals surface area contributed by atoms with Crippen molar-refractivity contribution >= 4 is 5.91 Å². The van der Waals surface area contributed by atoms with Gasteiger partial charge in [-0.2, -0.15) is 0 Å². The van der Waals surface area contributed by atoms with Gasteiger partial charge in [-0.05, 0) is 23.3 Å². The normalized spacial score (nSPS) is 10.4. The summed E-state index contributed by atoms with van der Waals surface area (Å²) in [5.41, 5.74) is 7.78. The van der Waals surface area contributed by atoms with E-state index in [1.54, 1.807) is 6.26 Å². The predicted octanol–water partition coefficient (Wildman–Crippen LogP) is 1.99. The van der Waals surface area contributed by atoms with Gasteiger partial charge in [0.05, 0.1) is 6.26 Å². The van der Waals surface area contributed by atoms with Crippen LogP contribution in [-0.4, -0.2) is 5.91 Å². The predicted molar refractivity (Wildman–Crippen MR) is 73.2 cm³/mol. The zero-order chi connectivity index (χ0) is 13.5. The third kappa shape index (κ3) is 3.96. The molecule has 19 heavy (non-hydrogen) atoms. The monoisotopic (exact) mass is 258 g/mol. The highest BCUT2D eigenvalue weighted by Crippen LogP contribution is 2.08. The SMILES string of the molecule is NCc1ccccc1CNC(=O)CCc1ccco1. The van der Waals surface area contributed by atoms with Gasteiger partial charge in [-0.1, -0.05) is 24.3 Å². The first kappa shape index (κ1) is 13.4. The average molecular weight is 258 g/mol. The van der Waals surface area contributed by atoms with Gasteiger partial charge in [0.25, 0.3) is 0 Å². The summed E-state index contributed by atoms with van der Waals surface area (Å²) >= 11 is 0. The van der Waals surface area contributed by atoms with Crippen LogP contribution in [0.1, 0.15) is 23.3 Å². The first-order chi connectivity index (χ1) is 9.29. The van der Waals surface area contributed by atoms with Crippen LogP contribution in [0, 0.1) is 0 Å². The van der Waals surface area contributed by atoms with Crippen LogP contribution in [0.2, 0.25) is 0 Å². The van der Waals surface area contributed by atoms with Gasteiger partial charge in [-0.3, -0.25) is 4.79 Å². The number of furan rings is 1. The number of carbonyl (C=O) groups is 1. The molecule has 0 aliphatic carbocycles. The number of amides is 1. The lowest BCUT2D eigenvalue weighted by atomic mass is 10.1. The summed E-state index contributed by atoms with van der Waals surface area (Å²) in [6.07, 6.45) is 2.67. The second kappa shape index (κ2) is 6.75. The van der Waals surface area contributed by atoms with Crippen molar-refractivity contribution < 1.29 is 9.21 Å². The van der Waals surface area contributed by atoms with E-state index in [-0.39, 0.29) is 5.91 Å². The number of hydrogen-bond donors (Lipinski definition) is 2. The van der Waals surface area contributed by atoms with E-state index in [4.69, 9.17) is 10.2 Å². The Morgan fingerprint density at radius 1 is 1.16 bits per heavy atom. The molecule has 0 fully saturated rings. The van der Waals surface area contributed by atoms with E-state index in [1.165, 1.54) is 0 Å². The molecular weight excluding hydrogens is 240 g/mol. The van der Waals surface area contributed by atoms with Gasteiger partial charge in [0.2, 0.25) is 5.91 Å². The molecule has 100 valence electrons. The third-order valence-electron chi connectivity index (χ3n) is 2.99. The first-order valence-corrected chi connectivity index (χ1v) is 6.35. The molecule has 4 heteroatoms. The van der Waals surface area contributed by atoms with Crippen molar-refractivity contribution in [1.29, 1.82) is 0 Å². The van der Waals surface area contributed by atoms with E-state index in [1.807, 2.05) is 36.4 Å². The lowest BCUT2D eigenvalue weighted by molar-refractivity contribution is -0.121. The lowest BCUT2D eigenvalue weighted by Crippen LogP contribution is -2.23. The van der Waals surface area contributed by atoms with Crippen molar-refractivity contribution in [3.63, 3.8) is 0 Å². The summed E-state index contributed by atoms with van der Waals surface area (Å²) in [5.74, 6) is 0.848. The molecule has 0 saturated heterocycles. The van der Waals surface area contributed by atoms with Crippen LogP contribution in [0.3, 0.4) is 0 Å². The van der Waals surface area contributed by atoms with E-state index in [2.05, 4.69) is 5.32 Å². The Balaban J connectivity index is 1.80. The Bertz CT molecular complexity index is 521. The molecule has 0 bridgehead atoms. The highest BCUT2D eigenvalue weighted by Gasteiger charge is 2.05. The third-order valence-corrected chi connectivity index (χ3v) is 2.99. The van der Waals surface area contributed by atoms with Gasteiger partial charge in [-0.15, -0.1) is 0 Å². The molecule has 2 rings (SSSR count). The first-order valence-electron chi connectivity index (χ1n) is 6.35. The van der Waals surface area contributed by atoms with Crippen LogP contribution in [0.5, 0.6) is 0 Å². The number of nitrogens with two attached hydrogens (primary N) is 1. The Labute approximate surface area is 112 Å². The minimum atomic E-state index is 0.0169. The molecule has 1 heterocycles. The molecule has 1 aromatic heterocycles. The molecule has 0 atom stereocenters. The summed E-state index contributed by atoms with van der Waals surface area (Å²) in [6, 6.07) is 11.6. The summed E-state index contributed by atoms with van der Waals surface area (Å²) < 4.78 is 5.19. The van der Waals surface area contributed by atoms with E-state index in [0.29, 0.717) is 25.9 Å². The molecule has 0 unspecified atom stereocenters. The summed E-state index contributed by atoms with van der Waals surface area (Å²) in [5, 5.41) is 2.90. The topological polar surface area (TPSA) is 68.3 Å². The molecule has 3 N–H and O–H groups in total. The van der Waals surface area contributed by atoms with Gasteiger partial charge in [0, 0.05) is 25.9 Å². The van der Waals surface area contributed by atoms with Crippen LogP contribution in [0.25, 0.3) is 0 Å². The smallest absolute Gasteiger partial charge is 0.220 e. The standard InChI is InChI=1S/C15H18N2O2/c16-10-12-4-1-2-5-13(12)11-17-15(18)8-7-14-6-3-9-19-14/h1-6,9H,7-8,10-11,16H2,(H,17,18). The molecule has 0 saturated carbocycles. The Kier molecular flexibility index (Phi) is 4.75. The van der Waals surface area contributed by atoms with Crippen molar-refractivity contribution in [1.82, 2.24) is 5.32 Å². The van der Waals surface area contributed by atoms with Crippen molar-refractivity contribution in [2.45, 2.75) is 25.9 Å². The summed E-state index contributed by atoms with van der Waals surface area (Å²) in [7, 11) is 0. The maximum absolute atomic E-state index is 11.7. The van der Waals surface area contributed by atoms with Gasteiger partial charge < -0.3 is 15.5 Å². The number of rotatable bonds is 6. The van der Waals surface area contributed by atoms with Gasteiger partial charge in [0.15, 0.2) is 0 Å². The maximum Gasteiger partial charge on any atom is 0.220 e. The Hall–Kier alpha value is -2.07. The second-order valence-corrected chi connectivity index (χ2v) is 4.33. The molecule has 0 spiro atoms. The molecule has 1 amide bonds. The van der Waals surface area contributed by atoms with E-state index < -0.39 is 0 Å². The van der Waals surface area contributed by atoms with Crippen molar-refractivity contribution in [2.75, 3.05) is 0 Å². The highest BCUT2D eigenvalue weighted by molar-refractivity contribution is 5.76. The van der Waals surface area contributed by atoms with Crippen LogP contribution < -0.4 is 11.1 Å². The van der Waals surface area contributed by atoms with Crippen molar-refractivity contribution in [3.8, 4) is 0 Å². The summed E-state index contributed by atoms with van der Waals surface area (Å²) in [4.78, 5) is 11.7. The van der Waals surface area contributed by atoms with Crippen molar-refractivity contribution in [2.24, 2.45) is 5.73 Å². The summed E-state index contributed by atoms with van der Waals surface area (Å²) in [6.45, 7) is 1.00. The molecule has 4 nitrogen and oxygen atoms in total. The molecular formula is C15H18N2O2. The number of aryl methyl sites for hydroxylation is 1. The van der Waals surface area contributed by atoms with Gasteiger partial charge in [-0.25, -0.2) is 0 Å². The Morgan fingerprint density at radius 3 is 2.63 bits per heavy atom. The van der Waals surface area contributed by atoms with Crippen LogP contribution in [0.4, 0.5) is 0 Å². The van der Waals surface area contributed by atoms with E-state index >= 15 is 0 Å². The molecule has 1 aromatic carbocycles. The average Bonchev–Trinajstić information content (AvgIpc) is 2.96. The van der Waals surface area contributed by atoms with E-state index in [0.717, 1.165) is 16.9 Å². The lowest BCUT2D eigenvalue weighted by Gasteiger charge is -2.08. The zero-order valence-electron chi connectivity index (χ0n) is 10.8. The van der Waals surface area contributed by atoms with Crippen LogP contribution in [-0.2, 0) is 24.3 Å². The number of benzene rings is 1. The largest absolute Gasteiger partial charge is 0.469 e. The fourth-order valence-corrected chi connectivity index (χ4v) is 1.90. The van der Waals surface area contributed by atoms with Crippen molar-refractivity contribution in [3.05, 3.63) is 59.5 Å². The molecule has 0 radical (unpaired) electrons. The van der Waals surface area contributed by atoms with Crippen LogP contribution in [0.15, 0.2) is 47.1 Å².